The van der Waals surface area contributed by atoms with E-state index < -0.39 is 47.1 Å². The minimum Gasteiger partial charge on any atom is -0.371 e. The molecule has 0 aromatic heterocycles. The van der Waals surface area contributed by atoms with Crippen molar-refractivity contribution in [2.45, 2.75) is 165 Å². The van der Waals surface area contributed by atoms with Gasteiger partial charge in [0.1, 0.15) is 24.2 Å². The number of carbonyl (C=O) groups is 4. The third-order valence-electron chi connectivity index (χ3n) is 16.3. The Bertz CT molecular complexity index is 2430. The molecule has 6 aliphatic rings. The maximum absolute atomic E-state index is 14.7. The summed E-state index contributed by atoms with van der Waals surface area (Å²) in [5.74, 6) is 1.07. The fourth-order valence-electron chi connectivity index (χ4n) is 11.9. The molecule has 4 heterocycles. The number of fused-ring (bicyclic) bond motifs is 4. The van der Waals surface area contributed by atoms with E-state index in [1.54, 1.807) is 23.5 Å². The molecule has 18 heteroatoms. The quantitative estimate of drug-likeness (QED) is 0.0893. The lowest BCUT2D eigenvalue weighted by Gasteiger charge is -2.35. The summed E-state index contributed by atoms with van der Waals surface area (Å²) in [7, 11) is 3.68. The van der Waals surface area contributed by atoms with Crippen LogP contribution in [0.2, 0.25) is 0 Å². The number of hydrogen-bond donors (Lipinski definition) is 6. The fraction of sp³-hybridized carbons (Fsp3) is 0.571. The fourth-order valence-corrected chi connectivity index (χ4v) is 15.6. The number of amides is 4. The standard InChI is InChI=1S/C56H74N8O6S4/c1-31(57-7)51(71)59-39-21-23-73-43-27-55(3,4)47(63(43)53(39)67)49(65)61-45-37-15-11-9-13-35(37)25-41(45)69-29-33-17-19-34(20-18-33)30-70-42-26-36-14-10-12-16-38(36)46(42)62-50(66)48-56(5,6)28-44-64(48)54(68)40(22-24-74-44)60-52(72)32(2)58-8/h9-20,31-32,39-48,57-58H,21-30H2,1-8H3,(H,59,71)(H,60,72)(H,61,65)(H,62,66)/t31-,32+,39+,40-,41-,42+,43?,44?,45+,46-,47-,48+. The Morgan fingerprint density at radius 2 is 1.00 bits per heavy atom. The zero-order chi connectivity index (χ0) is 52.6. The van der Waals surface area contributed by atoms with Crippen LogP contribution < -0.4 is 31.9 Å². The van der Waals surface area contributed by atoms with E-state index in [1.165, 1.54) is 0 Å². The van der Waals surface area contributed by atoms with Crippen molar-refractivity contribution in [2.24, 2.45) is 10.8 Å². The largest absolute Gasteiger partial charge is 0.371 e. The highest BCUT2D eigenvalue weighted by Gasteiger charge is 2.57. The summed E-state index contributed by atoms with van der Waals surface area (Å²) in [5.41, 5.74) is 5.38. The number of carbonyl (C=O) groups excluding carboxylic acids is 4. The van der Waals surface area contributed by atoms with Crippen molar-refractivity contribution in [3.8, 4) is 0 Å². The van der Waals surface area contributed by atoms with Gasteiger partial charge >= 0.3 is 0 Å². The molecule has 0 spiro atoms. The van der Waals surface area contributed by atoms with Gasteiger partial charge in [-0.2, -0.15) is 0 Å². The lowest BCUT2D eigenvalue weighted by molar-refractivity contribution is -0.143. The van der Waals surface area contributed by atoms with Gasteiger partial charge in [0.2, 0.25) is 23.6 Å². The van der Waals surface area contributed by atoms with E-state index in [4.69, 9.17) is 33.9 Å². The summed E-state index contributed by atoms with van der Waals surface area (Å²) in [5, 5.41) is 19.6. The van der Waals surface area contributed by atoms with Crippen molar-refractivity contribution < 1.29 is 28.7 Å². The molecule has 74 heavy (non-hydrogen) atoms. The minimum atomic E-state index is -0.664. The Hall–Kier alpha value is -4.14. The van der Waals surface area contributed by atoms with Gasteiger partial charge < -0.3 is 51.2 Å². The molecular weight excluding hydrogens is 1010 g/mol. The van der Waals surface area contributed by atoms with E-state index in [0.29, 0.717) is 61.7 Å². The summed E-state index contributed by atoms with van der Waals surface area (Å²) in [6.45, 7) is 13.0. The molecule has 4 aliphatic heterocycles. The van der Waals surface area contributed by atoms with Crippen molar-refractivity contribution in [2.75, 3.05) is 25.6 Å². The average molecular weight is 1080 g/mol. The number of likely N-dealkylation sites (N-methyl/N-ethyl adjacent to an activating group) is 2. The molecule has 3 aromatic rings. The average Bonchev–Trinajstić information content (AvgIpc) is 4.03. The van der Waals surface area contributed by atoms with Crippen LogP contribution in [0.15, 0.2) is 72.8 Å². The van der Waals surface area contributed by atoms with Crippen molar-refractivity contribution in [3.63, 3.8) is 0 Å². The van der Waals surface area contributed by atoms with Gasteiger partial charge in [-0.25, -0.2) is 0 Å². The first kappa shape index (κ1) is 54.6. The molecular formula is C56H74N8O6S4. The van der Waals surface area contributed by atoms with Crippen molar-refractivity contribution >= 4 is 81.6 Å². The van der Waals surface area contributed by atoms with Crippen LogP contribution in [-0.2, 0) is 54.7 Å². The van der Waals surface area contributed by atoms with Gasteiger partial charge in [-0.3, -0.25) is 19.2 Å². The molecule has 4 saturated heterocycles. The zero-order valence-corrected chi connectivity index (χ0v) is 47.2. The Labute approximate surface area is 456 Å². The topological polar surface area (TPSA) is 165 Å². The lowest BCUT2D eigenvalue weighted by Crippen LogP contribution is -2.58. The Morgan fingerprint density at radius 1 is 0.622 bits per heavy atom. The molecule has 0 bridgehead atoms. The maximum atomic E-state index is 14.7. The number of benzene rings is 3. The number of nitrogens with zero attached hydrogens (tertiary/aromatic N) is 2. The first-order valence-electron chi connectivity index (χ1n) is 26.3. The molecule has 0 saturated carbocycles. The molecule has 4 amide bonds. The lowest BCUT2D eigenvalue weighted by atomic mass is 9.83. The van der Waals surface area contributed by atoms with Crippen molar-refractivity contribution in [1.29, 1.82) is 0 Å². The number of rotatable bonds is 16. The van der Waals surface area contributed by atoms with E-state index >= 15 is 0 Å². The molecule has 2 aliphatic carbocycles. The van der Waals surface area contributed by atoms with Crippen LogP contribution >= 0.6 is 48.0 Å². The summed E-state index contributed by atoms with van der Waals surface area (Å²) >= 11 is 14.8. The predicted octanol–water partition coefficient (Wildman–Crippen LogP) is 6.25. The Morgan fingerprint density at radius 3 is 1.38 bits per heavy atom. The van der Waals surface area contributed by atoms with Gasteiger partial charge in [0.15, 0.2) is 0 Å². The second-order valence-electron chi connectivity index (χ2n) is 22.3. The van der Waals surface area contributed by atoms with E-state index in [0.717, 1.165) is 44.9 Å². The first-order valence-corrected chi connectivity index (χ1v) is 29.2. The molecule has 4 fully saturated rings. The smallest absolute Gasteiger partial charge is 0.246 e. The third-order valence-corrected chi connectivity index (χ3v) is 19.7. The first-order chi connectivity index (χ1) is 35.4. The monoisotopic (exact) mass is 1080 g/mol. The van der Waals surface area contributed by atoms with Gasteiger partial charge in [-0.1, -0.05) is 125 Å². The van der Waals surface area contributed by atoms with Crippen molar-refractivity contribution in [3.05, 3.63) is 106 Å². The maximum Gasteiger partial charge on any atom is 0.246 e. The van der Waals surface area contributed by atoms with Gasteiger partial charge in [0.05, 0.1) is 70.3 Å². The highest BCUT2D eigenvalue weighted by molar-refractivity contribution is 8.00. The number of hydrogen-bond acceptors (Lipinski definition) is 12. The third kappa shape index (κ3) is 11.3. The van der Waals surface area contributed by atoms with Crippen LogP contribution in [0.5, 0.6) is 0 Å². The second kappa shape index (κ2) is 22.8. The van der Waals surface area contributed by atoms with Crippen LogP contribution in [0.1, 0.15) is 113 Å². The zero-order valence-electron chi connectivity index (χ0n) is 43.9. The Balaban J connectivity index is 0.841. The molecule has 2 unspecified atom stereocenters. The molecule has 6 N–H and O–H groups in total. The molecule has 398 valence electrons. The summed E-state index contributed by atoms with van der Waals surface area (Å²) in [6, 6.07) is 21.3. The summed E-state index contributed by atoms with van der Waals surface area (Å²) in [4.78, 5) is 63.0. The number of thioether (sulfide) groups is 2. The van der Waals surface area contributed by atoms with Crippen LogP contribution in [0.25, 0.3) is 0 Å². The van der Waals surface area contributed by atoms with E-state index in [-0.39, 0.29) is 58.7 Å². The minimum absolute atomic E-state index is 0.0824. The van der Waals surface area contributed by atoms with Gasteiger partial charge in [0.25, 0.3) is 0 Å². The summed E-state index contributed by atoms with van der Waals surface area (Å²) in [6.07, 6.45) is 3.34. The van der Waals surface area contributed by atoms with Crippen LogP contribution in [0, 0.1) is 10.8 Å². The number of thiocarbonyl (C=S) groups is 2. The second-order valence-corrected chi connectivity index (χ2v) is 25.8. The predicted molar refractivity (Wildman–Crippen MR) is 302 cm³/mol. The molecule has 12 atom stereocenters. The highest BCUT2D eigenvalue weighted by Crippen LogP contribution is 2.49. The van der Waals surface area contributed by atoms with Gasteiger partial charge in [-0.05, 0) is 109 Å². The van der Waals surface area contributed by atoms with Crippen LogP contribution in [0.4, 0.5) is 0 Å². The Kier molecular flexibility index (Phi) is 16.9. The number of nitrogens with one attached hydrogen (secondary N) is 6. The van der Waals surface area contributed by atoms with Crippen molar-refractivity contribution in [1.82, 2.24) is 41.7 Å². The SMILES string of the molecule is CN[C@@H](C)C(=S)N[C@@H]1CCSC2CC(C)(C)[C@H](C(=O)N[C@@H]3c4ccccc4C[C@@H]3OCc3ccc(CO[C@@H]4Cc5ccccc5[C@@H]4NC(=O)[C@H]4N5C(=O)[C@@H](NC(=S)[C@@H](C)NC)CCSC5CC4(C)C)cc3)N2C1=O. The van der Waals surface area contributed by atoms with Crippen LogP contribution in [-0.4, -0.2) is 128 Å². The number of ether oxygens (including phenoxy) is 2. The molecule has 14 nitrogen and oxygen atoms in total. The summed E-state index contributed by atoms with van der Waals surface area (Å²) < 4.78 is 13.4. The van der Waals surface area contributed by atoms with E-state index in [9.17, 15) is 19.2 Å². The van der Waals surface area contributed by atoms with Gasteiger partial charge in [0, 0.05) is 12.8 Å². The molecule has 9 rings (SSSR count). The van der Waals surface area contributed by atoms with E-state index in [1.807, 2.05) is 62.0 Å². The normalized spacial score (nSPS) is 29.5. The molecule has 0 radical (unpaired) electrons. The van der Waals surface area contributed by atoms with E-state index in [2.05, 4.69) is 108 Å². The van der Waals surface area contributed by atoms with Crippen LogP contribution in [0.3, 0.4) is 0 Å². The highest BCUT2D eigenvalue weighted by atomic mass is 32.2. The van der Waals surface area contributed by atoms with Gasteiger partial charge in [-0.15, -0.1) is 23.5 Å². The molecule has 3 aromatic carbocycles.